The number of hydrogen-bond donors (Lipinski definition) is 1. The molecular weight excluding hydrogens is 324 g/mol. The summed E-state index contributed by atoms with van der Waals surface area (Å²) >= 11 is 1.75. The molecule has 3 heterocycles. The third kappa shape index (κ3) is 3.62. The van der Waals surface area contributed by atoms with E-state index < -0.39 is 0 Å². The Hall–Kier alpha value is -2.28. The molecule has 0 saturated heterocycles. The number of aromatic nitrogens is 1. The van der Waals surface area contributed by atoms with Crippen molar-refractivity contribution in [2.45, 2.75) is 19.5 Å². The summed E-state index contributed by atoms with van der Waals surface area (Å²) in [5, 5.41) is 4.79. The summed E-state index contributed by atoms with van der Waals surface area (Å²) in [4.78, 5) is 29.2. The van der Waals surface area contributed by atoms with E-state index in [1.54, 1.807) is 23.3 Å². The molecule has 0 fully saturated rings. The zero-order valence-electron chi connectivity index (χ0n) is 14.0. The van der Waals surface area contributed by atoms with Gasteiger partial charge in [-0.3, -0.25) is 4.79 Å². The molecule has 6 nitrogen and oxygen atoms in total. The second kappa shape index (κ2) is 7.09. The van der Waals surface area contributed by atoms with Crippen molar-refractivity contribution >= 4 is 23.3 Å². The lowest BCUT2D eigenvalue weighted by Gasteiger charge is -2.27. The molecule has 2 aromatic heterocycles. The van der Waals surface area contributed by atoms with Gasteiger partial charge in [0.25, 0.3) is 0 Å². The van der Waals surface area contributed by atoms with Gasteiger partial charge in [-0.1, -0.05) is 0 Å². The summed E-state index contributed by atoms with van der Waals surface area (Å²) in [5.74, 6) is -0.0348. The fraction of sp³-hybridized carbons (Fsp3) is 0.412. The van der Waals surface area contributed by atoms with Crippen LogP contribution >= 0.6 is 11.3 Å². The number of fused-ring (bicyclic) bond motifs is 1. The molecular formula is C17H22N4O2S. The lowest BCUT2D eigenvalue weighted by molar-refractivity contribution is -0.131. The molecule has 0 spiro atoms. The van der Waals surface area contributed by atoms with Gasteiger partial charge in [0.1, 0.15) is 0 Å². The van der Waals surface area contributed by atoms with E-state index >= 15 is 0 Å². The van der Waals surface area contributed by atoms with Crippen LogP contribution in [-0.4, -0.2) is 46.4 Å². The van der Waals surface area contributed by atoms with Gasteiger partial charge in [-0.05, 0) is 35.6 Å². The Kier molecular flexibility index (Phi) is 4.89. The Morgan fingerprint density at radius 3 is 2.96 bits per heavy atom. The van der Waals surface area contributed by atoms with Crippen LogP contribution in [0.2, 0.25) is 0 Å². The standard InChI is InChI=1S/C17H22N4O2S/c1-19-7-3-4-14(19)12-20(2)17(23)18-10-16(22)21-8-5-15-13(11-21)6-9-24-15/h3-4,6-7,9H,5,8,10-12H2,1-2H3,(H,18,23). The van der Waals surface area contributed by atoms with E-state index in [1.807, 2.05) is 34.8 Å². The normalized spacial score (nSPS) is 13.5. The third-order valence-corrected chi connectivity index (χ3v) is 5.37. The average molecular weight is 346 g/mol. The van der Waals surface area contributed by atoms with Gasteiger partial charge in [-0.2, -0.15) is 0 Å². The molecule has 128 valence electrons. The minimum atomic E-state index is -0.238. The fourth-order valence-electron chi connectivity index (χ4n) is 2.83. The van der Waals surface area contributed by atoms with Gasteiger partial charge in [0.05, 0.1) is 13.1 Å². The Labute approximate surface area is 145 Å². The first-order chi connectivity index (χ1) is 11.5. The third-order valence-electron chi connectivity index (χ3n) is 4.35. The SMILES string of the molecule is CN(Cc1cccn1C)C(=O)NCC(=O)N1CCc2sccc2C1. The van der Waals surface area contributed by atoms with E-state index in [2.05, 4.69) is 16.8 Å². The van der Waals surface area contributed by atoms with Crippen LogP contribution in [0.5, 0.6) is 0 Å². The molecule has 3 amide bonds. The molecule has 0 atom stereocenters. The molecule has 0 saturated carbocycles. The predicted octanol–water partition coefficient (Wildman–Crippen LogP) is 1.81. The van der Waals surface area contributed by atoms with E-state index in [9.17, 15) is 9.59 Å². The van der Waals surface area contributed by atoms with Crippen molar-refractivity contribution in [2.75, 3.05) is 20.1 Å². The molecule has 7 heteroatoms. The summed E-state index contributed by atoms with van der Waals surface area (Å²) in [6, 6.07) is 5.75. The number of rotatable bonds is 4. The van der Waals surface area contributed by atoms with Crippen LogP contribution in [0.4, 0.5) is 4.79 Å². The smallest absolute Gasteiger partial charge is 0.317 e. The molecule has 0 unspecified atom stereocenters. The highest BCUT2D eigenvalue weighted by Gasteiger charge is 2.22. The van der Waals surface area contributed by atoms with Crippen LogP contribution in [-0.2, 0) is 31.4 Å². The summed E-state index contributed by atoms with van der Waals surface area (Å²) in [6.45, 7) is 1.91. The number of aryl methyl sites for hydroxylation is 1. The quantitative estimate of drug-likeness (QED) is 0.918. The Morgan fingerprint density at radius 1 is 1.38 bits per heavy atom. The van der Waals surface area contributed by atoms with E-state index in [4.69, 9.17) is 0 Å². The highest BCUT2D eigenvalue weighted by Crippen LogP contribution is 2.23. The predicted molar refractivity (Wildman–Crippen MR) is 93.7 cm³/mol. The van der Waals surface area contributed by atoms with Crippen molar-refractivity contribution in [1.82, 2.24) is 19.7 Å². The number of amides is 3. The highest BCUT2D eigenvalue weighted by molar-refractivity contribution is 7.10. The van der Waals surface area contributed by atoms with Crippen molar-refractivity contribution in [3.63, 3.8) is 0 Å². The van der Waals surface area contributed by atoms with Crippen molar-refractivity contribution in [1.29, 1.82) is 0 Å². The number of urea groups is 1. The molecule has 0 aliphatic carbocycles. The molecule has 1 aliphatic rings. The molecule has 1 N–H and O–H groups in total. The molecule has 2 aromatic rings. The largest absolute Gasteiger partial charge is 0.353 e. The minimum Gasteiger partial charge on any atom is -0.353 e. The number of carbonyl (C=O) groups excluding carboxylic acids is 2. The molecule has 24 heavy (non-hydrogen) atoms. The maximum absolute atomic E-state index is 12.3. The maximum Gasteiger partial charge on any atom is 0.317 e. The van der Waals surface area contributed by atoms with Crippen LogP contribution in [0, 0.1) is 0 Å². The first-order valence-electron chi connectivity index (χ1n) is 7.97. The lowest BCUT2D eigenvalue weighted by Crippen LogP contribution is -2.45. The first-order valence-corrected chi connectivity index (χ1v) is 8.84. The van der Waals surface area contributed by atoms with Gasteiger partial charge in [0, 0.05) is 44.0 Å². The van der Waals surface area contributed by atoms with Crippen LogP contribution in [0.25, 0.3) is 0 Å². The Bertz CT molecular complexity index is 737. The zero-order chi connectivity index (χ0) is 17.1. The van der Waals surface area contributed by atoms with Gasteiger partial charge in [0.15, 0.2) is 0 Å². The van der Waals surface area contributed by atoms with Gasteiger partial charge in [-0.15, -0.1) is 11.3 Å². The summed E-state index contributed by atoms with van der Waals surface area (Å²) in [7, 11) is 3.67. The molecule has 3 rings (SSSR count). The molecule has 0 aromatic carbocycles. The number of thiophene rings is 1. The second-order valence-electron chi connectivity index (χ2n) is 6.06. The highest BCUT2D eigenvalue weighted by atomic mass is 32.1. The van der Waals surface area contributed by atoms with Gasteiger partial charge in [0.2, 0.25) is 5.91 Å². The number of hydrogen-bond acceptors (Lipinski definition) is 3. The molecule has 0 bridgehead atoms. The molecule has 0 radical (unpaired) electrons. The maximum atomic E-state index is 12.3. The Morgan fingerprint density at radius 2 is 2.21 bits per heavy atom. The van der Waals surface area contributed by atoms with Crippen LogP contribution < -0.4 is 5.32 Å². The number of nitrogens with zero attached hydrogens (tertiary/aromatic N) is 3. The van der Waals surface area contributed by atoms with E-state index in [1.165, 1.54) is 10.4 Å². The van der Waals surface area contributed by atoms with Crippen molar-refractivity contribution < 1.29 is 9.59 Å². The lowest BCUT2D eigenvalue weighted by atomic mass is 10.1. The average Bonchev–Trinajstić information content (AvgIpc) is 3.20. The fourth-order valence-corrected chi connectivity index (χ4v) is 3.72. The first kappa shape index (κ1) is 16.6. The summed E-state index contributed by atoms with van der Waals surface area (Å²) in [6.07, 6.45) is 2.85. The van der Waals surface area contributed by atoms with Crippen LogP contribution in [0.3, 0.4) is 0 Å². The van der Waals surface area contributed by atoms with Crippen molar-refractivity contribution in [3.05, 3.63) is 45.9 Å². The second-order valence-corrected chi connectivity index (χ2v) is 7.06. The topological polar surface area (TPSA) is 57.6 Å². The summed E-state index contributed by atoms with van der Waals surface area (Å²) < 4.78 is 1.97. The van der Waals surface area contributed by atoms with Gasteiger partial charge >= 0.3 is 6.03 Å². The number of carbonyl (C=O) groups is 2. The van der Waals surface area contributed by atoms with E-state index in [-0.39, 0.29) is 18.5 Å². The number of nitrogens with one attached hydrogen (secondary N) is 1. The zero-order valence-corrected chi connectivity index (χ0v) is 14.8. The van der Waals surface area contributed by atoms with Gasteiger partial charge < -0.3 is 19.7 Å². The monoisotopic (exact) mass is 346 g/mol. The summed E-state index contributed by atoms with van der Waals surface area (Å²) in [5.41, 5.74) is 2.27. The van der Waals surface area contributed by atoms with Crippen LogP contribution in [0.1, 0.15) is 16.1 Å². The van der Waals surface area contributed by atoms with Crippen LogP contribution in [0.15, 0.2) is 29.8 Å². The van der Waals surface area contributed by atoms with Gasteiger partial charge in [-0.25, -0.2) is 4.79 Å². The molecule has 1 aliphatic heterocycles. The Balaban J connectivity index is 1.47. The van der Waals surface area contributed by atoms with Crippen molar-refractivity contribution in [3.8, 4) is 0 Å². The van der Waals surface area contributed by atoms with Crippen molar-refractivity contribution in [2.24, 2.45) is 7.05 Å². The minimum absolute atomic E-state index is 0.0348. The van der Waals surface area contributed by atoms with E-state index in [0.717, 1.165) is 18.7 Å². The van der Waals surface area contributed by atoms with E-state index in [0.29, 0.717) is 13.1 Å².